The second-order valence-electron chi connectivity index (χ2n) is 6.41. The fourth-order valence-electron chi connectivity index (χ4n) is 2.76. The van der Waals surface area contributed by atoms with Crippen LogP contribution in [0.4, 0.5) is 0 Å². The molecule has 0 fully saturated rings. The fourth-order valence-corrected chi connectivity index (χ4v) is 2.76. The first-order valence-corrected chi connectivity index (χ1v) is 9.41. The Morgan fingerprint density at radius 1 is 0.967 bits per heavy atom. The number of ether oxygens (including phenoxy) is 2. The maximum absolute atomic E-state index is 12.1. The van der Waals surface area contributed by atoms with Gasteiger partial charge in [0.15, 0.2) is 0 Å². The van der Waals surface area contributed by atoms with E-state index < -0.39 is 0 Å². The predicted molar refractivity (Wildman–Crippen MR) is 116 cm³/mol. The number of carbonyl (C=O) groups is 1. The standard InChI is InChI=1S/C23H23N3O4/c1-29-19-8-3-17(4-9-19)5-13-22(27)24-15-16-26-23(28)14-12-21(25-26)18-6-10-20(30-2)11-7-18/h3-14H,15-16H2,1-2H3,(H,24,27)/b13-5+. The number of nitrogens with one attached hydrogen (secondary N) is 1. The lowest BCUT2D eigenvalue weighted by Crippen LogP contribution is -2.31. The van der Waals surface area contributed by atoms with Crippen LogP contribution in [0, 0.1) is 0 Å². The molecule has 1 heterocycles. The highest BCUT2D eigenvalue weighted by molar-refractivity contribution is 5.91. The SMILES string of the molecule is COc1ccc(/C=C/C(=O)NCCn2nc(-c3ccc(OC)cc3)ccc2=O)cc1. The van der Waals surface area contributed by atoms with Crippen LogP contribution in [0.15, 0.2) is 71.5 Å². The van der Waals surface area contributed by atoms with Crippen molar-refractivity contribution < 1.29 is 14.3 Å². The van der Waals surface area contributed by atoms with E-state index in [0.29, 0.717) is 5.69 Å². The number of nitrogens with zero attached hydrogens (tertiary/aromatic N) is 2. The van der Waals surface area contributed by atoms with Gasteiger partial charge in [0.1, 0.15) is 11.5 Å². The Kier molecular flexibility index (Phi) is 7.00. The lowest BCUT2D eigenvalue weighted by molar-refractivity contribution is -0.116. The van der Waals surface area contributed by atoms with Gasteiger partial charge < -0.3 is 14.8 Å². The fraction of sp³-hybridized carbons (Fsp3) is 0.174. The number of hydrogen-bond donors (Lipinski definition) is 1. The highest BCUT2D eigenvalue weighted by Crippen LogP contribution is 2.19. The van der Waals surface area contributed by atoms with Crippen molar-refractivity contribution >= 4 is 12.0 Å². The molecule has 30 heavy (non-hydrogen) atoms. The summed E-state index contributed by atoms with van der Waals surface area (Å²) in [6, 6.07) is 17.9. The third-order valence-corrected chi connectivity index (χ3v) is 4.42. The number of carbonyl (C=O) groups excluding carboxylic acids is 1. The van der Waals surface area contributed by atoms with Crippen molar-refractivity contribution in [3.63, 3.8) is 0 Å². The molecular formula is C23H23N3O4. The van der Waals surface area contributed by atoms with E-state index in [-0.39, 0.29) is 24.6 Å². The average Bonchev–Trinajstić information content (AvgIpc) is 2.79. The molecule has 3 aromatic rings. The van der Waals surface area contributed by atoms with Crippen molar-refractivity contribution in [1.29, 1.82) is 0 Å². The molecule has 0 saturated carbocycles. The van der Waals surface area contributed by atoms with Gasteiger partial charge in [-0.15, -0.1) is 0 Å². The molecular weight excluding hydrogens is 382 g/mol. The van der Waals surface area contributed by atoms with Crippen LogP contribution in [-0.2, 0) is 11.3 Å². The van der Waals surface area contributed by atoms with Gasteiger partial charge in [-0.3, -0.25) is 9.59 Å². The number of methoxy groups -OCH3 is 2. The van der Waals surface area contributed by atoms with Crippen molar-refractivity contribution in [1.82, 2.24) is 15.1 Å². The summed E-state index contributed by atoms with van der Waals surface area (Å²) in [5, 5.41) is 7.15. The summed E-state index contributed by atoms with van der Waals surface area (Å²) in [7, 11) is 3.21. The van der Waals surface area contributed by atoms with E-state index in [1.165, 1.54) is 16.8 Å². The van der Waals surface area contributed by atoms with Gasteiger partial charge in [-0.2, -0.15) is 5.10 Å². The van der Waals surface area contributed by atoms with Gasteiger partial charge in [0.05, 0.1) is 26.5 Å². The average molecular weight is 405 g/mol. The first-order valence-electron chi connectivity index (χ1n) is 9.41. The molecule has 0 bridgehead atoms. The summed E-state index contributed by atoms with van der Waals surface area (Å²) >= 11 is 0. The minimum absolute atomic E-state index is 0.227. The number of aromatic nitrogens is 2. The van der Waals surface area contributed by atoms with Gasteiger partial charge >= 0.3 is 0 Å². The Morgan fingerprint density at radius 2 is 1.60 bits per heavy atom. The summed E-state index contributed by atoms with van der Waals surface area (Å²) in [6.45, 7) is 0.551. The Balaban J connectivity index is 1.57. The van der Waals surface area contributed by atoms with Gasteiger partial charge in [0, 0.05) is 24.3 Å². The molecule has 0 unspecified atom stereocenters. The van der Waals surface area contributed by atoms with Crippen molar-refractivity contribution in [2.75, 3.05) is 20.8 Å². The van der Waals surface area contributed by atoms with E-state index in [9.17, 15) is 9.59 Å². The lowest BCUT2D eigenvalue weighted by atomic mass is 10.1. The maximum atomic E-state index is 12.1. The second kappa shape index (κ2) is 10.1. The molecule has 1 amide bonds. The zero-order chi connectivity index (χ0) is 21.3. The van der Waals surface area contributed by atoms with Gasteiger partial charge in [-0.05, 0) is 54.1 Å². The van der Waals surface area contributed by atoms with E-state index in [0.717, 1.165) is 22.6 Å². The Morgan fingerprint density at radius 3 is 2.23 bits per heavy atom. The van der Waals surface area contributed by atoms with Crippen LogP contribution in [0.25, 0.3) is 17.3 Å². The molecule has 0 aliphatic heterocycles. The Bertz CT molecular complexity index is 1070. The third kappa shape index (κ3) is 5.57. The van der Waals surface area contributed by atoms with E-state index in [4.69, 9.17) is 9.47 Å². The number of hydrogen-bond acceptors (Lipinski definition) is 5. The highest BCUT2D eigenvalue weighted by Gasteiger charge is 2.05. The Labute approximate surface area is 174 Å². The monoisotopic (exact) mass is 405 g/mol. The van der Waals surface area contributed by atoms with E-state index >= 15 is 0 Å². The molecule has 1 aromatic heterocycles. The van der Waals surface area contributed by atoms with Gasteiger partial charge in [0.2, 0.25) is 5.91 Å². The van der Waals surface area contributed by atoms with Crippen LogP contribution in [0.3, 0.4) is 0 Å². The molecule has 0 aliphatic rings. The topological polar surface area (TPSA) is 82.4 Å². The van der Waals surface area contributed by atoms with Crippen molar-refractivity contribution in [2.45, 2.75) is 6.54 Å². The minimum Gasteiger partial charge on any atom is -0.497 e. The van der Waals surface area contributed by atoms with Crippen LogP contribution < -0.4 is 20.3 Å². The molecule has 7 heteroatoms. The van der Waals surface area contributed by atoms with E-state index in [1.54, 1.807) is 26.4 Å². The van der Waals surface area contributed by atoms with Gasteiger partial charge in [-0.25, -0.2) is 4.68 Å². The normalized spacial score (nSPS) is 10.7. The molecule has 0 aliphatic carbocycles. The molecule has 0 atom stereocenters. The van der Waals surface area contributed by atoms with Crippen LogP contribution in [0.5, 0.6) is 11.5 Å². The zero-order valence-electron chi connectivity index (χ0n) is 16.9. The smallest absolute Gasteiger partial charge is 0.266 e. The molecule has 3 rings (SSSR count). The summed E-state index contributed by atoms with van der Waals surface area (Å²) in [5.74, 6) is 1.26. The molecule has 1 N–H and O–H groups in total. The molecule has 0 radical (unpaired) electrons. The van der Waals surface area contributed by atoms with Crippen molar-refractivity contribution in [3.05, 3.63) is 82.7 Å². The minimum atomic E-state index is -0.245. The number of benzene rings is 2. The quantitative estimate of drug-likeness (QED) is 0.583. The highest BCUT2D eigenvalue weighted by atomic mass is 16.5. The van der Waals surface area contributed by atoms with Gasteiger partial charge in [-0.1, -0.05) is 12.1 Å². The summed E-state index contributed by atoms with van der Waals surface area (Å²) in [6.07, 6.45) is 3.16. The van der Waals surface area contributed by atoms with E-state index in [1.807, 2.05) is 48.5 Å². The summed E-state index contributed by atoms with van der Waals surface area (Å²) < 4.78 is 11.6. The van der Waals surface area contributed by atoms with Crippen LogP contribution in [0.2, 0.25) is 0 Å². The predicted octanol–water partition coefficient (Wildman–Crippen LogP) is 2.76. The van der Waals surface area contributed by atoms with Crippen molar-refractivity contribution in [2.24, 2.45) is 0 Å². The van der Waals surface area contributed by atoms with Crippen LogP contribution >= 0.6 is 0 Å². The lowest BCUT2D eigenvalue weighted by Gasteiger charge is -2.08. The van der Waals surface area contributed by atoms with Crippen LogP contribution in [-0.4, -0.2) is 36.5 Å². The maximum Gasteiger partial charge on any atom is 0.266 e. The number of amides is 1. The second-order valence-corrected chi connectivity index (χ2v) is 6.41. The number of rotatable bonds is 8. The summed E-state index contributed by atoms with van der Waals surface area (Å²) in [5.41, 5.74) is 2.20. The zero-order valence-corrected chi connectivity index (χ0v) is 16.9. The van der Waals surface area contributed by atoms with Gasteiger partial charge in [0.25, 0.3) is 5.56 Å². The first-order chi connectivity index (χ1) is 14.6. The molecule has 2 aromatic carbocycles. The molecule has 0 saturated heterocycles. The largest absolute Gasteiger partial charge is 0.497 e. The summed E-state index contributed by atoms with van der Waals surface area (Å²) in [4.78, 5) is 24.1. The van der Waals surface area contributed by atoms with E-state index in [2.05, 4.69) is 10.4 Å². The van der Waals surface area contributed by atoms with Crippen LogP contribution in [0.1, 0.15) is 5.56 Å². The first kappa shape index (κ1) is 20.9. The third-order valence-electron chi connectivity index (χ3n) is 4.42. The molecule has 154 valence electrons. The molecule has 7 nitrogen and oxygen atoms in total. The molecule has 0 spiro atoms. The van der Waals surface area contributed by atoms with Crippen molar-refractivity contribution in [3.8, 4) is 22.8 Å². The Hall–Kier alpha value is -3.87.